The molecule has 0 amide bonds. The number of rotatable bonds is 4. The van der Waals surface area contributed by atoms with Gasteiger partial charge >= 0.3 is 5.97 Å². The Bertz CT molecular complexity index is 411. The van der Waals surface area contributed by atoms with Crippen LogP contribution in [0.4, 0.5) is 5.13 Å². The molecule has 1 heterocycles. The summed E-state index contributed by atoms with van der Waals surface area (Å²) < 4.78 is 0. The monoisotopic (exact) mass is 244 g/mol. The van der Waals surface area contributed by atoms with Crippen LogP contribution in [0.2, 0.25) is 5.15 Å². The van der Waals surface area contributed by atoms with Gasteiger partial charge < -0.3 is 10.0 Å². The summed E-state index contributed by atoms with van der Waals surface area (Å²) in [6.07, 6.45) is 5.18. The second-order valence-electron chi connectivity index (χ2n) is 2.64. The van der Waals surface area contributed by atoms with Gasteiger partial charge in [-0.25, -0.2) is 9.78 Å². The lowest BCUT2D eigenvalue weighted by molar-refractivity contribution is 0.0702. The van der Waals surface area contributed by atoms with E-state index in [4.69, 9.17) is 23.1 Å². The molecule has 0 spiro atoms. The summed E-state index contributed by atoms with van der Waals surface area (Å²) in [5, 5.41) is 9.34. The Morgan fingerprint density at radius 1 is 1.80 bits per heavy atom. The van der Waals surface area contributed by atoms with Gasteiger partial charge in [0.05, 0.1) is 6.54 Å². The van der Waals surface area contributed by atoms with E-state index in [-0.39, 0.29) is 10.0 Å². The van der Waals surface area contributed by atoms with E-state index in [2.05, 4.69) is 10.9 Å². The van der Waals surface area contributed by atoms with Crippen LogP contribution in [0.5, 0.6) is 0 Å². The van der Waals surface area contributed by atoms with Crippen molar-refractivity contribution in [3.8, 4) is 12.3 Å². The molecule has 0 unspecified atom stereocenters. The highest BCUT2D eigenvalue weighted by atomic mass is 35.5. The lowest BCUT2D eigenvalue weighted by Gasteiger charge is -2.15. The number of halogens is 1. The number of anilines is 1. The summed E-state index contributed by atoms with van der Waals surface area (Å²) in [6, 6.07) is 0. The van der Waals surface area contributed by atoms with E-state index in [1.54, 1.807) is 4.90 Å². The van der Waals surface area contributed by atoms with Gasteiger partial charge in [-0.3, -0.25) is 0 Å². The number of aromatic nitrogens is 1. The van der Waals surface area contributed by atoms with Gasteiger partial charge in [0, 0.05) is 6.54 Å². The zero-order chi connectivity index (χ0) is 11.4. The zero-order valence-electron chi connectivity index (χ0n) is 8.03. The minimum Gasteiger partial charge on any atom is -0.477 e. The number of aromatic carboxylic acids is 1. The molecule has 1 aromatic rings. The van der Waals surface area contributed by atoms with Gasteiger partial charge in [0.15, 0.2) is 15.2 Å². The largest absolute Gasteiger partial charge is 0.477 e. The molecule has 0 aliphatic heterocycles. The van der Waals surface area contributed by atoms with Gasteiger partial charge in [-0.15, -0.1) is 6.42 Å². The number of carbonyl (C=O) groups is 1. The predicted molar refractivity (Wildman–Crippen MR) is 60.8 cm³/mol. The first-order chi connectivity index (χ1) is 7.10. The Balaban J connectivity index is 3.00. The standard InChI is InChI=1S/C9H9ClN2O2S/c1-3-5-12(4-2)9-11-7(10)6(15-9)8(13)14/h1H,4-5H2,2H3,(H,13,14). The lowest BCUT2D eigenvalue weighted by atomic mass is 10.5. The van der Waals surface area contributed by atoms with Gasteiger partial charge in [-0.05, 0) is 6.92 Å². The van der Waals surface area contributed by atoms with Crippen molar-refractivity contribution in [2.24, 2.45) is 0 Å². The number of thiazole rings is 1. The highest BCUT2D eigenvalue weighted by Crippen LogP contribution is 2.29. The molecule has 1 N–H and O–H groups in total. The fourth-order valence-corrected chi connectivity index (χ4v) is 2.17. The Hall–Kier alpha value is -1.25. The topological polar surface area (TPSA) is 53.4 Å². The third-order valence-corrected chi connectivity index (χ3v) is 3.19. The summed E-state index contributed by atoms with van der Waals surface area (Å²) in [5.41, 5.74) is 0. The van der Waals surface area contributed by atoms with Gasteiger partial charge in [0.25, 0.3) is 0 Å². The quantitative estimate of drug-likeness (QED) is 0.823. The van der Waals surface area contributed by atoms with Crippen LogP contribution in [0.15, 0.2) is 0 Å². The van der Waals surface area contributed by atoms with E-state index < -0.39 is 5.97 Å². The van der Waals surface area contributed by atoms with Gasteiger partial charge in [0.1, 0.15) is 0 Å². The summed E-state index contributed by atoms with van der Waals surface area (Å²) in [7, 11) is 0. The van der Waals surface area contributed by atoms with E-state index in [0.717, 1.165) is 11.3 Å². The molecule has 1 aromatic heterocycles. The molecule has 0 radical (unpaired) electrons. The Kier molecular flexibility index (Phi) is 3.95. The summed E-state index contributed by atoms with van der Waals surface area (Å²) in [6.45, 7) is 2.96. The Labute approximate surface area is 96.5 Å². The minimum absolute atomic E-state index is 0.0120. The van der Waals surface area contributed by atoms with E-state index in [1.165, 1.54) is 0 Å². The van der Waals surface area contributed by atoms with Gasteiger partial charge in [-0.2, -0.15) is 0 Å². The van der Waals surface area contributed by atoms with E-state index in [0.29, 0.717) is 18.2 Å². The van der Waals surface area contributed by atoms with Crippen LogP contribution >= 0.6 is 22.9 Å². The SMILES string of the molecule is C#CCN(CC)c1nc(Cl)c(C(=O)O)s1. The molecule has 1 rings (SSSR count). The molecule has 0 aromatic carbocycles. The van der Waals surface area contributed by atoms with Crippen LogP contribution in [-0.2, 0) is 0 Å². The van der Waals surface area contributed by atoms with Crippen LogP contribution in [0.1, 0.15) is 16.6 Å². The van der Waals surface area contributed by atoms with Crippen LogP contribution in [0.25, 0.3) is 0 Å². The van der Waals surface area contributed by atoms with Crippen molar-refractivity contribution in [3.05, 3.63) is 10.0 Å². The van der Waals surface area contributed by atoms with E-state index >= 15 is 0 Å². The maximum atomic E-state index is 10.7. The second kappa shape index (κ2) is 5.01. The smallest absolute Gasteiger partial charge is 0.349 e. The van der Waals surface area contributed by atoms with Crippen molar-refractivity contribution >= 4 is 34.0 Å². The number of hydrogen-bond acceptors (Lipinski definition) is 4. The highest BCUT2D eigenvalue weighted by molar-refractivity contribution is 7.18. The van der Waals surface area contributed by atoms with Gasteiger partial charge in [-0.1, -0.05) is 28.9 Å². The number of nitrogens with zero attached hydrogens (tertiary/aromatic N) is 2. The first-order valence-electron chi connectivity index (χ1n) is 4.18. The fourth-order valence-electron chi connectivity index (χ4n) is 0.983. The maximum absolute atomic E-state index is 10.7. The summed E-state index contributed by atoms with van der Waals surface area (Å²) in [5.74, 6) is 1.41. The third kappa shape index (κ3) is 2.61. The summed E-state index contributed by atoms with van der Waals surface area (Å²) in [4.78, 5) is 16.5. The third-order valence-electron chi connectivity index (χ3n) is 1.70. The molecule has 0 atom stereocenters. The van der Waals surface area contributed by atoms with Gasteiger partial charge in [0.2, 0.25) is 0 Å². The average molecular weight is 245 g/mol. The van der Waals surface area contributed by atoms with Crippen molar-refractivity contribution in [1.82, 2.24) is 4.98 Å². The first kappa shape index (κ1) is 11.8. The normalized spacial score (nSPS) is 9.67. The molecule has 80 valence electrons. The number of carboxylic acids is 1. The maximum Gasteiger partial charge on any atom is 0.349 e. The molecule has 0 saturated heterocycles. The van der Waals surface area contributed by atoms with Crippen molar-refractivity contribution in [3.63, 3.8) is 0 Å². The first-order valence-corrected chi connectivity index (χ1v) is 5.37. The molecule has 0 bridgehead atoms. The molecule has 0 aliphatic carbocycles. The van der Waals surface area contributed by atoms with Crippen molar-refractivity contribution in [2.45, 2.75) is 6.92 Å². The lowest BCUT2D eigenvalue weighted by Crippen LogP contribution is -2.22. The molecular weight excluding hydrogens is 236 g/mol. The minimum atomic E-state index is -1.07. The van der Waals surface area contributed by atoms with Crippen molar-refractivity contribution in [1.29, 1.82) is 0 Å². The molecule has 0 aliphatic rings. The summed E-state index contributed by atoms with van der Waals surface area (Å²) >= 11 is 6.71. The number of carboxylic acid groups (broad SMARTS) is 1. The predicted octanol–water partition coefficient (Wildman–Crippen LogP) is 1.95. The van der Waals surface area contributed by atoms with Crippen molar-refractivity contribution in [2.75, 3.05) is 18.0 Å². The second-order valence-corrected chi connectivity index (χ2v) is 3.98. The van der Waals surface area contributed by atoms with Crippen LogP contribution < -0.4 is 4.90 Å². The number of terminal acetylenes is 1. The van der Waals surface area contributed by atoms with Crippen LogP contribution in [-0.4, -0.2) is 29.1 Å². The van der Waals surface area contributed by atoms with Crippen LogP contribution in [0.3, 0.4) is 0 Å². The molecule has 6 heteroatoms. The fraction of sp³-hybridized carbons (Fsp3) is 0.333. The van der Waals surface area contributed by atoms with E-state index in [1.807, 2.05) is 6.92 Å². The zero-order valence-corrected chi connectivity index (χ0v) is 9.60. The average Bonchev–Trinajstić information content (AvgIpc) is 2.56. The van der Waals surface area contributed by atoms with Crippen molar-refractivity contribution < 1.29 is 9.90 Å². The van der Waals surface area contributed by atoms with E-state index in [9.17, 15) is 4.79 Å². The number of hydrogen-bond donors (Lipinski definition) is 1. The molecule has 0 saturated carbocycles. The Morgan fingerprint density at radius 3 is 2.87 bits per heavy atom. The molecule has 4 nitrogen and oxygen atoms in total. The Morgan fingerprint density at radius 2 is 2.47 bits per heavy atom. The highest BCUT2D eigenvalue weighted by Gasteiger charge is 2.18. The molecule has 15 heavy (non-hydrogen) atoms. The molecular formula is C9H9ClN2O2S. The molecule has 0 fully saturated rings. The van der Waals surface area contributed by atoms with Crippen LogP contribution in [0, 0.1) is 12.3 Å².